The fourth-order valence-corrected chi connectivity index (χ4v) is 1.81. The molecule has 0 saturated carbocycles. The summed E-state index contributed by atoms with van der Waals surface area (Å²) in [4.78, 5) is 11.0. The van der Waals surface area contributed by atoms with Crippen molar-refractivity contribution in [1.82, 2.24) is 0 Å². The number of halogens is 2. The van der Waals surface area contributed by atoms with Gasteiger partial charge in [-0.3, -0.25) is 0 Å². The molecule has 0 aromatic heterocycles. The molecule has 0 atom stereocenters. The summed E-state index contributed by atoms with van der Waals surface area (Å²) < 4.78 is 19.7. The van der Waals surface area contributed by atoms with Gasteiger partial charge in [0.2, 0.25) is 0 Å². The molecule has 0 aliphatic heterocycles. The predicted molar refractivity (Wildman–Crippen MR) is 67.6 cm³/mol. The summed E-state index contributed by atoms with van der Waals surface area (Å²) in [5.74, 6) is -1.88. The largest absolute Gasteiger partial charge is 0.478 e. The topological polar surface area (TPSA) is 46.5 Å². The molecule has 18 heavy (non-hydrogen) atoms. The standard InChI is InChI=1S/C13H8BrFO3/c14-8-3-1-4-9(7-8)18-12-10(13(16)17)5-2-6-11(12)15/h1-7H,(H,16,17). The van der Waals surface area contributed by atoms with Crippen molar-refractivity contribution in [2.24, 2.45) is 0 Å². The summed E-state index contributed by atoms with van der Waals surface area (Å²) in [5.41, 5.74) is -0.213. The van der Waals surface area contributed by atoms with Crippen LogP contribution in [0.15, 0.2) is 46.9 Å². The van der Waals surface area contributed by atoms with Crippen molar-refractivity contribution < 1.29 is 19.0 Å². The summed E-state index contributed by atoms with van der Waals surface area (Å²) in [5, 5.41) is 8.97. The van der Waals surface area contributed by atoms with Crippen molar-refractivity contribution in [3.63, 3.8) is 0 Å². The molecule has 0 heterocycles. The summed E-state index contributed by atoms with van der Waals surface area (Å²) in [6, 6.07) is 10.5. The maximum atomic E-state index is 13.6. The maximum Gasteiger partial charge on any atom is 0.339 e. The summed E-state index contributed by atoms with van der Waals surface area (Å²) in [7, 11) is 0. The first-order chi connectivity index (χ1) is 8.58. The van der Waals surface area contributed by atoms with Crippen LogP contribution in [-0.4, -0.2) is 11.1 Å². The second-order valence-corrected chi connectivity index (χ2v) is 4.40. The molecule has 2 rings (SSSR count). The summed E-state index contributed by atoms with van der Waals surface area (Å²) in [6.07, 6.45) is 0. The van der Waals surface area contributed by atoms with E-state index in [1.54, 1.807) is 24.3 Å². The molecule has 0 radical (unpaired) electrons. The van der Waals surface area contributed by atoms with Crippen molar-refractivity contribution in [2.45, 2.75) is 0 Å². The number of aromatic carboxylic acids is 1. The highest BCUT2D eigenvalue weighted by Crippen LogP contribution is 2.29. The minimum Gasteiger partial charge on any atom is -0.478 e. The minimum absolute atomic E-state index is 0.213. The first-order valence-corrected chi connectivity index (χ1v) is 5.82. The predicted octanol–water partition coefficient (Wildman–Crippen LogP) is 4.08. The molecule has 0 unspecified atom stereocenters. The van der Waals surface area contributed by atoms with Crippen LogP contribution in [0.2, 0.25) is 0 Å². The van der Waals surface area contributed by atoms with Crippen LogP contribution < -0.4 is 4.74 Å². The van der Waals surface area contributed by atoms with E-state index in [0.29, 0.717) is 5.75 Å². The van der Waals surface area contributed by atoms with Gasteiger partial charge < -0.3 is 9.84 Å². The highest BCUT2D eigenvalue weighted by molar-refractivity contribution is 9.10. The smallest absolute Gasteiger partial charge is 0.339 e. The van der Waals surface area contributed by atoms with Gasteiger partial charge in [-0.2, -0.15) is 0 Å². The van der Waals surface area contributed by atoms with Gasteiger partial charge in [-0.25, -0.2) is 9.18 Å². The Morgan fingerprint density at radius 1 is 1.22 bits per heavy atom. The molecule has 2 aromatic rings. The summed E-state index contributed by atoms with van der Waals surface area (Å²) in [6.45, 7) is 0. The van der Waals surface area contributed by atoms with Crippen LogP contribution in [0.3, 0.4) is 0 Å². The van der Waals surface area contributed by atoms with Crippen LogP contribution in [0.4, 0.5) is 4.39 Å². The van der Waals surface area contributed by atoms with Crippen molar-refractivity contribution in [2.75, 3.05) is 0 Å². The van der Waals surface area contributed by atoms with Crippen LogP contribution in [0, 0.1) is 5.82 Å². The molecule has 0 spiro atoms. The number of para-hydroxylation sites is 1. The number of ether oxygens (including phenoxy) is 1. The van der Waals surface area contributed by atoms with E-state index in [1.165, 1.54) is 12.1 Å². The molecule has 5 heteroatoms. The fourth-order valence-electron chi connectivity index (χ4n) is 1.43. The number of rotatable bonds is 3. The van der Waals surface area contributed by atoms with E-state index in [0.717, 1.165) is 10.5 Å². The highest BCUT2D eigenvalue weighted by Gasteiger charge is 2.16. The van der Waals surface area contributed by atoms with Crippen LogP contribution in [-0.2, 0) is 0 Å². The number of hydrogen-bond acceptors (Lipinski definition) is 2. The lowest BCUT2D eigenvalue weighted by Crippen LogP contribution is -2.01. The van der Waals surface area contributed by atoms with E-state index in [2.05, 4.69) is 15.9 Å². The van der Waals surface area contributed by atoms with Crippen molar-refractivity contribution in [3.05, 3.63) is 58.3 Å². The first-order valence-electron chi connectivity index (χ1n) is 5.03. The number of hydrogen-bond donors (Lipinski definition) is 1. The molecule has 0 amide bonds. The van der Waals surface area contributed by atoms with Gasteiger partial charge in [0.1, 0.15) is 11.3 Å². The Morgan fingerprint density at radius 3 is 2.61 bits per heavy atom. The number of benzene rings is 2. The van der Waals surface area contributed by atoms with Gasteiger partial charge in [-0.1, -0.05) is 28.1 Å². The third-order valence-electron chi connectivity index (χ3n) is 2.21. The van der Waals surface area contributed by atoms with Crippen molar-refractivity contribution in [3.8, 4) is 11.5 Å². The Morgan fingerprint density at radius 2 is 1.94 bits per heavy atom. The van der Waals surface area contributed by atoms with Gasteiger partial charge in [0.05, 0.1) is 0 Å². The van der Waals surface area contributed by atoms with Gasteiger partial charge in [0.15, 0.2) is 11.6 Å². The average Bonchev–Trinajstić information content (AvgIpc) is 2.31. The van der Waals surface area contributed by atoms with Crippen LogP contribution in [0.25, 0.3) is 0 Å². The highest BCUT2D eigenvalue weighted by atomic mass is 79.9. The third kappa shape index (κ3) is 2.68. The van der Waals surface area contributed by atoms with Crippen molar-refractivity contribution >= 4 is 21.9 Å². The third-order valence-corrected chi connectivity index (χ3v) is 2.71. The Hall–Kier alpha value is -1.88. The van der Waals surface area contributed by atoms with E-state index in [9.17, 15) is 9.18 Å². The molecule has 2 aromatic carbocycles. The van der Waals surface area contributed by atoms with Gasteiger partial charge in [0, 0.05) is 4.47 Å². The van der Waals surface area contributed by atoms with E-state index in [-0.39, 0.29) is 11.3 Å². The van der Waals surface area contributed by atoms with E-state index in [4.69, 9.17) is 9.84 Å². The average molecular weight is 311 g/mol. The monoisotopic (exact) mass is 310 g/mol. The Labute approximate surface area is 111 Å². The van der Waals surface area contributed by atoms with Gasteiger partial charge in [-0.05, 0) is 30.3 Å². The number of carbonyl (C=O) groups is 1. The molecular weight excluding hydrogens is 303 g/mol. The first kappa shape index (κ1) is 12.6. The van der Waals surface area contributed by atoms with E-state index in [1.807, 2.05) is 0 Å². The SMILES string of the molecule is O=C(O)c1cccc(F)c1Oc1cccc(Br)c1. The normalized spacial score (nSPS) is 10.1. The number of carboxylic acids is 1. The second kappa shape index (κ2) is 5.18. The molecule has 92 valence electrons. The molecule has 3 nitrogen and oxygen atoms in total. The zero-order valence-corrected chi connectivity index (χ0v) is 10.6. The molecule has 0 aliphatic carbocycles. The minimum atomic E-state index is -1.24. The molecule has 0 aliphatic rings. The van der Waals surface area contributed by atoms with Gasteiger partial charge in [-0.15, -0.1) is 0 Å². The Bertz CT molecular complexity index is 599. The number of carboxylic acid groups (broad SMARTS) is 1. The molecular formula is C13H8BrFO3. The lowest BCUT2D eigenvalue weighted by atomic mass is 10.2. The molecule has 0 bridgehead atoms. The zero-order chi connectivity index (χ0) is 13.1. The van der Waals surface area contributed by atoms with E-state index < -0.39 is 11.8 Å². The maximum absolute atomic E-state index is 13.6. The van der Waals surface area contributed by atoms with Crippen LogP contribution in [0.1, 0.15) is 10.4 Å². The molecule has 0 fully saturated rings. The van der Waals surface area contributed by atoms with Crippen molar-refractivity contribution in [1.29, 1.82) is 0 Å². The van der Waals surface area contributed by atoms with Crippen LogP contribution >= 0.6 is 15.9 Å². The van der Waals surface area contributed by atoms with E-state index >= 15 is 0 Å². The quantitative estimate of drug-likeness (QED) is 0.929. The Balaban J connectivity index is 2.42. The van der Waals surface area contributed by atoms with Gasteiger partial charge in [0.25, 0.3) is 0 Å². The summed E-state index contributed by atoms with van der Waals surface area (Å²) >= 11 is 3.25. The van der Waals surface area contributed by atoms with Crippen LogP contribution in [0.5, 0.6) is 11.5 Å². The Kier molecular flexibility index (Phi) is 3.62. The lowest BCUT2D eigenvalue weighted by Gasteiger charge is -2.09. The fraction of sp³-hybridized carbons (Fsp3) is 0. The zero-order valence-electron chi connectivity index (χ0n) is 9.06. The van der Waals surface area contributed by atoms with Gasteiger partial charge >= 0.3 is 5.97 Å². The lowest BCUT2D eigenvalue weighted by molar-refractivity contribution is 0.0693. The second-order valence-electron chi connectivity index (χ2n) is 3.48. The molecule has 1 N–H and O–H groups in total. The molecule has 0 saturated heterocycles.